The minimum atomic E-state index is -0.0602. The number of piperidine rings is 1. The van der Waals surface area contributed by atoms with E-state index in [1.165, 1.54) is 0 Å². The van der Waals surface area contributed by atoms with E-state index in [4.69, 9.17) is 4.42 Å². The lowest BCUT2D eigenvalue weighted by Gasteiger charge is -2.30. The van der Waals surface area contributed by atoms with Gasteiger partial charge in [0, 0.05) is 32.2 Å². The van der Waals surface area contributed by atoms with Gasteiger partial charge in [0.05, 0.1) is 0 Å². The van der Waals surface area contributed by atoms with Crippen LogP contribution in [-0.4, -0.2) is 52.9 Å². The van der Waals surface area contributed by atoms with Crippen molar-refractivity contribution in [3.8, 4) is 0 Å². The smallest absolute Gasteiger partial charge is 0.310 e. The van der Waals surface area contributed by atoms with E-state index in [1.54, 1.807) is 0 Å². The average Bonchev–Trinajstić information content (AvgIpc) is 2.70. The Bertz CT molecular complexity index is 610. The van der Waals surface area contributed by atoms with Crippen LogP contribution in [-0.2, 0) is 0 Å². The van der Waals surface area contributed by atoms with E-state index in [9.17, 15) is 4.79 Å². The topological polar surface area (TPSA) is 49.6 Å². The highest BCUT2D eigenvalue weighted by Gasteiger charge is 2.34. The zero-order chi connectivity index (χ0) is 13.5. The number of hydrogen-bond donors (Lipinski definition) is 0. The van der Waals surface area contributed by atoms with Crippen LogP contribution in [0.4, 0.5) is 0 Å². The number of oxazole rings is 1. The van der Waals surface area contributed by atoms with Gasteiger partial charge in [-0.2, -0.15) is 0 Å². The van der Waals surface area contributed by atoms with Gasteiger partial charge in [0.2, 0.25) is 0 Å². The third-order valence-electron chi connectivity index (χ3n) is 4.39. The van der Waals surface area contributed by atoms with E-state index in [1.807, 2.05) is 29.2 Å². The van der Waals surface area contributed by atoms with Crippen LogP contribution in [0.3, 0.4) is 0 Å². The largest absolute Gasteiger partial charge is 0.432 e. The van der Waals surface area contributed by atoms with Gasteiger partial charge in [-0.05, 0) is 25.0 Å². The first-order valence-corrected chi connectivity index (χ1v) is 7.20. The number of para-hydroxylation sites is 2. The van der Waals surface area contributed by atoms with Gasteiger partial charge in [0.25, 0.3) is 5.89 Å². The molecule has 1 aromatic carbocycles. The fourth-order valence-electron chi connectivity index (χ4n) is 3.24. The minimum Gasteiger partial charge on any atom is -0.432 e. The molecule has 1 aromatic heterocycles. The summed E-state index contributed by atoms with van der Waals surface area (Å²) < 4.78 is 5.61. The summed E-state index contributed by atoms with van der Waals surface area (Å²) in [5.74, 6) is 0.168. The van der Waals surface area contributed by atoms with Crippen molar-refractivity contribution in [2.45, 2.75) is 18.9 Å². The lowest BCUT2D eigenvalue weighted by atomic mass is 10.1. The molecule has 2 bridgehead atoms. The molecular weight excluding hydrogens is 254 g/mol. The normalized spacial score (nSPS) is 25.9. The molecule has 0 aliphatic carbocycles. The van der Waals surface area contributed by atoms with Gasteiger partial charge in [-0.3, -0.25) is 4.79 Å². The molecule has 0 N–H and O–H groups in total. The van der Waals surface area contributed by atoms with Crippen LogP contribution in [0.2, 0.25) is 0 Å². The number of carbonyl (C=O) groups excluding carboxylic acids is 1. The number of hydrogen-bond acceptors (Lipinski definition) is 4. The molecule has 3 saturated heterocycles. The van der Waals surface area contributed by atoms with Gasteiger partial charge in [0.1, 0.15) is 5.52 Å². The van der Waals surface area contributed by atoms with Crippen LogP contribution in [0.5, 0.6) is 0 Å². The molecule has 2 aromatic rings. The maximum atomic E-state index is 12.7. The first kappa shape index (κ1) is 11.9. The van der Waals surface area contributed by atoms with Crippen molar-refractivity contribution in [3.05, 3.63) is 30.2 Å². The predicted molar refractivity (Wildman–Crippen MR) is 74.5 cm³/mol. The molecule has 3 fully saturated rings. The highest BCUT2D eigenvalue weighted by molar-refractivity contribution is 5.92. The van der Waals surface area contributed by atoms with Crippen molar-refractivity contribution in [1.29, 1.82) is 0 Å². The molecule has 3 aliphatic heterocycles. The molecule has 3 aliphatic rings. The third-order valence-corrected chi connectivity index (χ3v) is 4.39. The lowest BCUT2D eigenvalue weighted by molar-refractivity contribution is 0.0646. The van der Waals surface area contributed by atoms with Gasteiger partial charge >= 0.3 is 5.91 Å². The first-order valence-electron chi connectivity index (χ1n) is 7.20. The Morgan fingerprint density at radius 2 is 1.95 bits per heavy atom. The van der Waals surface area contributed by atoms with Crippen LogP contribution in [0.1, 0.15) is 23.5 Å². The zero-order valence-electron chi connectivity index (χ0n) is 11.3. The predicted octanol–water partition coefficient (Wildman–Crippen LogP) is 1.75. The lowest BCUT2D eigenvalue weighted by Crippen LogP contribution is -2.41. The summed E-state index contributed by atoms with van der Waals surface area (Å²) in [6.07, 6.45) is 2.12. The summed E-state index contributed by atoms with van der Waals surface area (Å²) in [6.45, 7) is 3.94. The minimum absolute atomic E-state index is 0.0602. The molecule has 0 atom stereocenters. The summed E-state index contributed by atoms with van der Waals surface area (Å²) in [5.41, 5.74) is 1.43. The van der Waals surface area contributed by atoms with Crippen LogP contribution in [0.15, 0.2) is 28.7 Å². The van der Waals surface area contributed by atoms with E-state index in [-0.39, 0.29) is 11.8 Å². The first-order chi connectivity index (χ1) is 9.81. The molecule has 104 valence electrons. The van der Waals surface area contributed by atoms with Crippen molar-refractivity contribution >= 4 is 17.0 Å². The van der Waals surface area contributed by atoms with Crippen molar-refractivity contribution < 1.29 is 9.21 Å². The highest BCUT2D eigenvalue weighted by atomic mass is 16.4. The summed E-state index contributed by atoms with van der Waals surface area (Å²) in [4.78, 5) is 21.4. The Hall–Kier alpha value is -1.88. The van der Waals surface area contributed by atoms with Gasteiger partial charge < -0.3 is 14.2 Å². The number of nitrogens with zero attached hydrogens (tertiary/aromatic N) is 3. The molecular formula is C15H17N3O2. The Labute approximate surface area is 117 Å². The molecule has 20 heavy (non-hydrogen) atoms. The molecule has 0 saturated carbocycles. The number of amides is 1. The average molecular weight is 271 g/mol. The molecule has 0 unspecified atom stereocenters. The van der Waals surface area contributed by atoms with Crippen molar-refractivity contribution in [1.82, 2.24) is 14.8 Å². The zero-order valence-corrected chi connectivity index (χ0v) is 11.3. The van der Waals surface area contributed by atoms with E-state index in [0.717, 1.165) is 44.5 Å². The molecule has 5 heteroatoms. The fraction of sp³-hybridized carbons (Fsp3) is 0.467. The fourth-order valence-corrected chi connectivity index (χ4v) is 3.24. The van der Waals surface area contributed by atoms with Crippen LogP contribution >= 0.6 is 0 Å². The Morgan fingerprint density at radius 3 is 2.75 bits per heavy atom. The van der Waals surface area contributed by atoms with Crippen molar-refractivity contribution in [2.24, 2.45) is 0 Å². The highest BCUT2D eigenvalue weighted by Crippen LogP contribution is 2.23. The van der Waals surface area contributed by atoms with Crippen LogP contribution in [0.25, 0.3) is 11.1 Å². The summed E-state index contributed by atoms with van der Waals surface area (Å²) >= 11 is 0. The monoisotopic (exact) mass is 271 g/mol. The van der Waals surface area contributed by atoms with E-state index in [2.05, 4.69) is 9.88 Å². The summed E-state index contributed by atoms with van der Waals surface area (Å²) in [7, 11) is 0. The Kier molecular flexibility index (Phi) is 2.73. The number of carbonyl (C=O) groups is 1. The SMILES string of the molecule is O=C(c1nc2ccccc2o1)N1CCN2CCC1CC2. The van der Waals surface area contributed by atoms with Gasteiger partial charge in [-0.15, -0.1) is 0 Å². The molecule has 1 amide bonds. The van der Waals surface area contributed by atoms with E-state index < -0.39 is 0 Å². The Balaban J connectivity index is 1.65. The summed E-state index contributed by atoms with van der Waals surface area (Å²) in [5, 5.41) is 0. The number of rotatable bonds is 1. The third kappa shape index (κ3) is 1.89. The molecule has 0 spiro atoms. The van der Waals surface area contributed by atoms with E-state index in [0.29, 0.717) is 11.6 Å². The standard InChI is InChI=1S/C15H17N3O2/c19-15(14-16-12-3-1-2-4-13(12)20-14)18-10-9-17-7-5-11(18)6-8-17/h1-4,11H,5-10H2. The molecule has 5 rings (SSSR count). The number of aromatic nitrogens is 1. The number of fused-ring (bicyclic) bond motifs is 5. The van der Waals surface area contributed by atoms with Crippen molar-refractivity contribution in [2.75, 3.05) is 26.2 Å². The molecule has 4 heterocycles. The molecule has 5 nitrogen and oxygen atoms in total. The Morgan fingerprint density at radius 1 is 1.15 bits per heavy atom. The van der Waals surface area contributed by atoms with E-state index >= 15 is 0 Å². The number of benzene rings is 1. The second kappa shape index (κ2) is 4.59. The van der Waals surface area contributed by atoms with Gasteiger partial charge in [-0.25, -0.2) is 4.98 Å². The molecule has 0 radical (unpaired) electrons. The quantitative estimate of drug-likeness (QED) is 0.793. The van der Waals surface area contributed by atoms with Crippen LogP contribution in [0, 0.1) is 0 Å². The maximum Gasteiger partial charge on any atom is 0.310 e. The van der Waals surface area contributed by atoms with Crippen molar-refractivity contribution in [3.63, 3.8) is 0 Å². The second-order valence-electron chi connectivity index (χ2n) is 5.56. The maximum absolute atomic E-state index is 12.7. The summed E-state index contributed by atoms with van der Waals surface area (Å²) in [6, 6.07) is 7.85. The van der Waals surface area contributed by atoms with Crippen LogP contribution < -0.4 is 0 Å². The van der Waals surface area contributed by atoms with Gasteiger partial charge in [0.15, 0.2) is 5.58 Å². The van der Waals surface area contributed by atoms with Gasteiger partial charge in [-0.1, -0.05) is 12.1 Å². The second-order valence-corrected chi connectivity index (χ2v) is 5.56.